The van der Waals surface area contributed by atoms with Crippen LogP contribution in [0.1, 0.15) is 55.7 Å². The zero-order chi connectivity index (χ0) is 14.0. The van der Waals surface area contributed by atoms with Crippen LogP contribution in [0.3, 0.4) is 0 Å². The Morgan fingerprint density at radius 1 is 1.42 bits per heavy atom. The smallest absolute Gasteiger partial charge is 0.359 e. The Morgan fingerprint density at radius 2 is 2.05 bits per heavy atom. The van der Waals surface area contributed by atoms with Crippen molar-refractivity contribution in [3.8, 4) is 0 Å². The topological polar surface area (TPSA) is 70.1 Å². The Hall–Kier alpha value is -1.52. The first-order chi connectivity index (χ1) is 9.02. The van der Waals surface area contributed by atoms with Crippen molar-refractivity contribution in [3.63, 3.8) is 0 Å². The molecule has 2 N–H and O–H groups in total. The van der Waals surface area contributed by atoms with E-state index < -0.39 is 0 Å². The van der Waals surface area contributed by atoms with E-state index in [9.17, 15) is 4.79 Å². The second-order valence-electron chi connectivity index (χ2n) is 5.47. The number of carbonyl (C=O) groups excluding carboxylic acids is 1. The first kappa shape index (κ1) is 13.9. The molecule has 106 valence electrons. The number of nitrogen functional groups attached to an aromatic ring is 1. The number of aryl methyl sites for hydroxylation is 2. The number of hydrogen-bond donors (Lipinski definition) is 1. The summed E-state index contributed by atoms with van der Waals surface area (Å²) in [6.45, 7) is 4.21. The molecule has 0 spiro atoms. The number of ether oxygens (including phenoxy) is 1. The van der Waals surface area contributed by atoms with Gasteiger partial charge in [-0.15, -0.1) is 0 Å². The zero-order valence-corrected chi connectivity index (χ0v) is 12.0. The molecule has 5 heteroatoms. The molecule has 0 amide bonds. The number of carbonyl (C=O) groups is 1. The van der Waals surface area contributed by atoms with Crippen molar-refractivity contribution in [3.05, 3.63) is 11.4 Å². The van der Waals surface area contributed by atoms with E-state index in [1.807, 2.05) is 6.92 Å². The van der Waals surface area contributed by atoms with Gasteiger partial charge in [0.25, 0.3) is 0 Å². The normalized spacial score (nSPS) is 23.3. The largest absolute Gasteiger partial charge is 0.458 e. The van der Waals surface area contributed by atoms with Crippen molar-refractivity contribution < 1.29 is 9.53 Å². The number of nitrogens with zero attached hydrogens (tertiary/aromatic N) is 2. The maximum Gasteiger partial charge on any atom is 0.359 e. The van der Waals surface area contributed by atoms with E-state index >= 15 is 0 Å². The number of anilines is 1. The van der Waals surface area contributed by atoms with Crippen LogP contribution in [0.2, 0.25) is 0 Å². The summed E-state index contributed by atoms with van der Waals surface area (Å²) in [6.07, 6.45) is 4.89. The Labute approximate surface area is 114 Å². The van der Waals surface area contributed by atoms with Crippen molar-refractivity contribution in [1.29, 1.82) is 0 Å². The van der Waals surface area contributed by atoms with E-state index in [0.29, 0.717) is 17.8 Å². The third-order valence-corrected chi connectivity index (χ3v) is 3.93. The fourth-order valence-electron chi connectivity index (χ4n) is 2.65. The number of esters is 1. The van der Waals surface area contributed by atoms with Crippen molar-refractivity contribution in [1.82, 2.24) is 9.78 Å². The summed E-state index contributed by atoms with van der Waals surface area (Å²) in [7, 11) is 1.73. The molecule has 5 nitrogen and oxygen atoms in total. The Kier molecular flexibility index (Phi) is 4.12. The summed E-state index contributed by atoms with van der Waals surface area (Å²) >= 11 is 0. The van der Waals surface area contributed by atoms with Crippen LogP contribution in [0.25, 0.3) is 0 Å². The molecule has 1 aromatic rings. The summed E-state index contributed by atoms with van der Waals surface area (Å²) in [5, 5.41) is 4.25. The molecule has 19 heavy (non-hydrogen) atoms. The molecule has 0 unspecified atom stereocenters. The third kappa shape index (κ3) is 2.91. The second kappa shape index (κ2) is 5.63. The summed E-state index contributed by atoms with van der Waals surface area (Å²) < 4.78 is 7.10. The van der Waals surface area contributed by atoms with Gasteiger partial charge in [0.15, 0.2) is 5.69 Å². The van der Waals surface area contributed by atoms with Crippen molar-refractivity contribution >= 4 is 11.7 Å². The first-order valence-electron chi connectivity index (χ1n) is 7.05. The van der Waals surface area contributed by atoms with Crippen LogP contribution < -0.4 is 5.73 Å². The average molecular weight is 265 g/mol. The summed E-state index contributed by atoms with van der Waals surface area (Å²) in [5.41, 5.74) is 7.56. The number of aromatic nitrogens is 2. The van der Waals surface area contributed by atoms with Crippen LogP contribution in [-0.4, -0.2) is 21.9 Å². The van der Waals surface area contributed by atoms with Crippen molar-refractivity contribution in [2.24, 2.45) is 13.0 Å². The molecule has 0 aliphatic heterocycles. The van der Waals surface area contributed by atoms with Gasteiger partial charge in [-0.3, -0.25) is 4.68 Å². The molecular weight excluding hydrogens is 242 g/mol. The van der Waals surface area contributed by atoms with Crippen LogP contribution >= 0.6 is 0 Å². The maximum absolute atomic E-state index is 12.2. The molecule has 1 saturated carbocycles. The predicted molar refractivity (Wildman–Crippen MR) is 73.8 cm³/mol. The van der Waals surface area contributed by atoms with E-state index in [2.05, 4.69) is 12.0 Å². The van der Waals surface area contributed by atoms with Crippen LogP contribution in [0.5, 0.6) is 0 Å². The molecule has 2 rings (SSSR count). The number of hydrogen-bond acceptors (Lipinski definition) is 4. The first-order valence-corrected chi connectivity index (χ1v) is 7.05. The van der Waals surface area contributed by atoms with Gasteiger partial charge in [0.1, 0.15) is 6.10 Å². The summed E-state index contributed by atoms with van der Waals surface area (Å²) in [5.74, 6) is 0.398. The summed E-state index contributed by atoms with van der Waals surface area (Å²) in [6, 6.07) is 0. The highest BCUT2D eigenvalue weighted by Gasteiger charge is 2.26. The Bertz CT molecular complexity index is 460. The van der Waals surface area contributed by atoms with Gasteiger partial charge in [-0.2, -0.15) is 5.10 Å². The van der Waals surface area contributed by atoms with Gasteiger partial charge in [0, 0.05) is 7.05 Å². The van der Waals surface area contributed by atoms with Gasteiger partial charge in [-0.1, -0.05) is 13.8 Å². The van der Waals surface area contributed by atoms with Crippen LogP contribution in [0.15, 0.2) is 0 Å². The molecule has 0 atom stereocenters. The van der Waals surface area contributed by atoms with Crippen LogP contribution in [0.4, 0.5) is 5.69 Å². The van der Waals surface area contributed by atoms with Gasteiger partial charge in [0.2, 0.25) is 0 Å². The molecule has 1 aliphatic carbocycles. The lowest BCUT2D eigenvalue weighted by Gasteiger charge is -2.25. The highest BCUT2D eigenvalue weighted by Crippen LogP contribution is 2.27. The maximum atomic E-state index is 12.2. The zero-order valence-electron chi connectivity index (χ0n) is 12.0. The van der Waals surface area contributed by atoms with Crippen molar-refractivity contribution in [2.45, 2.75) is 52.1 Å². The molecular formula is C14H23N3O2. The van der Waals surface area contributed by atoms with E-state index in [1.165, 1.54) is 4.68 Å². The van der Waals surface area contributed by atoms with E-state index in [1.54, 1.807) is 7.05 Å². The minimum Gasteiger partial charge on any atom is -0.458 e. The molecule has 1 aromatic heterocycles. The average Bonchev–Trinajstić information content (AvgIpc) is 2.67. The number of nitrogens with two attached hydrogens (primary N) is 1. The molecule has 0 bridgehead atoms. The molecule has 0 saturated heterocycles. The van der Waals surface area contributed by atoms with Gasteiger partial charge in [-0.05, 0) is 38.0 Å². The van der Waals surface area contributed by atoms with Gasteiger partial charge >= 0.3 is 5.97 Å². The standard InChI is InChI=1S/C14H23N3O2/c1-4-11-12(15)13(17(3)16-11)14(18)19-10-7-5-9(2)6-8-10/h9-10H,4-8,15H2,1-3H3. The third-order valence-electron chi connectivity index (χ3n) is 3.93. The lowest BCUT2D eigenvalue weighted by atomic mass is 9.89. The van der Waals surface area contributed by atoms with Crippen LogP contribution in [0, 0.1) is 5.92 Å². The minimum absolute atomic E-state index is 0.0306. The highest BCUT2D eigenvalue weighted by atomic mass is 16.5. The highest BCUT2D eigenvalue weighted by molar-refractivity contribution is 5.93. The van der Waals surface area contributed by atoms with Gasteiger partial charge in [0.05, 0.1) is 11.4 Å². The minimum atomic E-state index is -0.341. The van der Waals surface area contributed by atoms with Gasteiger partial charge < -0.3 is 10.5 Å². The fraction of sp³-hybridized carbons (Fsp3) is 0.714. The molecule has 1 aliphatic rings. The van der Waals surface area contributed by atoms with E-state index in [4.69, 9.17) is 10.5 Å². The van der Waals surface area contributed by atoms with Gasteiger partial charge in [-0.25, -0.2) is 4.79 Å². The number of rotatable bonds is 3. The fourth-order valence-corrected chi connectivity index (χ4v) is 2.65. The lowest BCUT2D eigenvalue weighted by Crippen LogP contribution is -2.25. The molecule has 1 fully saturated rings. The summed E-state index contributed by atoms with van der Waals surface area (Å²) in [4.78, 5) is 12.2. The van der Waals surface area contributed by atoms with Crippen LogP contribution in [-0.2, 0) is 18.2 Å². The SMILES string of the molecule is CCc1nn(C)c(C(=O)OC2CCC(C)CC2)c1N. The Balaban J connectivity index is 2.06. The Morgan fingerprint density at radius 3 is 2.58 bits per heavy atom. The lowest BCUT2D eigenvalue weighted by molar-refractivity contribution is 0.0163. The molecule has 0 radical (unpaired) electrons. The van der Waals surface area contributed by atoms with Crippen molar-refractivity contribution in [2.75, 3.05) is 5.73 Å². The quantitative estimate of drug-likeness (QED) is 0.851. The predicted octanol–water partition coefficient (Wildman–Crippen LogP) is 2.30. The second-order valence-corrected chi connectivity index (χ2v) is 5.47. The molecule has 0 aromatic carbocycles. The van der Waals surface area contributed by atoms with E-state index in [-0.39, 0.29) is 12.1 Å². The van der Waals surface area contributed by atoms with E-state index in [0.717, 1.165) is 37.3 Å². The molecule has 1 heterocycles. The monoisotopic (exact) mass is 265 g/mol.